The van der Waals surface area contributed by atoms with Gasteiger partial charge in [-0.2, -0.15) is 5.10 Å². The largest absolute Gasteiger partial charge is 0.368 e. The van der Waals surface area contributed by atoms with Crippen LogP contribution in [0.2, 0.25) is 10.0 Å². The SMILES string of the molecule is CN(Cc1ccc(Cl)cc1)c1cn[nH]c(=O)c1Cl. The highest BCUT2D eigenvalue weighted by Crippen LogP contribution is 2.21. The normalized spacial score (nSPS) is 10.4. The van der Waals surface area contributed by atoms with Gasteiger partial charge >= 0.3 is 0 Å². The average Bonchev–Trinajstić information content (AvgIpc) is 2.35. The molecule has 0 atom stereocenters. The predicted molar refractivity (Wildman–Crippen MR) is 73.4 cm³/mol. The number of aromatic amines is 1. The van der Waals surface area contributed by atoms with Crippen LogP contribution in [-0.4, -0.2) is 17.2 Å². The van der Waals surface area contributed by atoms with E-state index in [-0.39, 0.29) is 5.02 Å². The van der Waals surface area contributed by atoms with Crippen molar-refractivity contribution < 1.29 is 0 Å². The van der Waals surface area contributed by atoms with Crippen LogP contribution in [0.25, 0.3) is 0 Å². The van der Waals surface area contributed by atoms with Gasteiger partial charge in [-0.3, -0.25) is 4.79 Å². The van der Waals surface area contributed by atoms with Crippen LogP contribution in [0.5, 0.6) is 0 Å². The molecule has 0 spiro atoms. The standard InChI is InChI=1S/C12H11Cl2N3O/c1-17(7-8-2-4-9(13)5-3-8)10-6-15-16-12(18)11(10)14/h2-6H,7H2,1H3,(H,16,18). The molecule has 0 saturated carbocycles. The Hall–Kier alpha value is -1.52. The summed E-state index contributed by atoms with van der Waals surface area (Å²) in [5, 5.41) is 6.85. The maximum atomic E-state index is 11.3. The lowest BCUT2D eigenvalue weighted by molar-refractivity contribution is 0.894. The van der Waals surface area contributed by atoms with E-state index in [0.717, 1.165) is 5.56 Å². The van der Waals surface area contributed by atoms with Crippen molar-refractivity contribution in [3.05, 3.63) is 56.4 Å². The fourth-order valence-corrected chi connectivity index (χ4v) is 1.95. The van der Waals surface area contributed by atoms with Gasteiger partial charge in [0.1, 0.15) is 5.02 Å². The highest BCUT2D eigenvalue weighted by Gasteiger charge is 2.10. The fourth-order valence-electron chi connectivity index (χ4n) is 1.59. The molecule has 0 saturated heterocycles. The molecule has 1 N–H and O–H groups in total. The first kappa shape index (κ1) is 12.9. The second-order valence-electron chi connectivity index (χ2n) is 3.88. The molecule has 4 nitrogen and oxygen atoms in total. The summed E-state index contributed by atoms with van der Waals surface area (Å²) in [5.41, 5.74) is 1.27. The summed E-state index contributed by atoms with van der Waals surface area (Å²) in [6.45, 7) is 0.613. The molecule has 1 heterocycles. The summed E-state index contributed by atoms with van der Waals surface area (Å²) in [5.74, 6) is 0. The molecule has 6 heteroatoms. The summed E-state index contributed by atoms with van der Waals surface area (Å²) < 4.78 is 0. The second kappa shape index (κ2) is 5.42. The zero-order chi connectivity index (χ0) is 13.1. The Kier molecular flexibility index (Phi) is 3.89. The summed E-state index contributed by atoms with van der Waals surface area (Å²) in [4.78, 5) is 13.2. The number of H-pyrrole nitrogens is 1. The number of halogens is 2. The van der Waals surface area contributed by atoms with Crippen molar-refractivity contribution >= 4 is 28.9 Å². The molecule has 1 aromatic carbocycles. The number of nitrogens with zero attached hydrogens (tertiary/aromatic N) is 2. The average molecular weight is 284 g/mol. The number of rotatable bonds is 3. The Balaban J connectivity index is 2.22. The highest BCUT2D eigenvalue weighted by molar-refractivity contribution is 6.33. The van der Waals surface area contributed by atoms with Crippen molar-refractivity contribution in [2.24, 2.45) is 0 Å². The van der Waals surface area contributed by atoms with Crippen molar-refractivity contribution in [1.82, 2.24) is 10.2 Å². The molecule has 0 radical (unpaired) electrons. The number of aromatic nitrogens is 2. The molecule has 2 aromatic rings. The van der Waals surface area contributed by atoms with Gasteiger partial charge in [0.15, 0.2) is 0 Å². The molecule has 94 valence electrons. The predicted octanol–water partition coefficient (Wildman–Crippen LogP) is 2.71. The van der Waals surface area contributed by atoms with Crippen LogP contribution in [0.1, 0.15) is 5.56 Å². The number of hydrogen-bond donors (Lipinski definition) is 1. The third-order valence-electron chi connectivity index (χ3n) is 2.52. The molecular weight excluding hydrogens is 273 g/mol. The molecule has 1 aromatic heterocycles. The van der Waals surface area contributed by atoms with E-state index in [1.54, 1.807) is 0 Å². The lowest BCUT2D eigenvalue weighted by Crippen LogP contribution is -2.20. The van der Waals surface area contributed by atoms with Gasteiger partial charge in [-0.25, -0.2) is 5.10 Å². The summed E-state index contributed by atoms with van der Waals surface area (Å²) >= 11 is 11.8. The van der Waals surface area contributed by atoms with E-state index in [2.05, 4.69) is 10.2 Å². The van der Waals surface area contributed by atoms with E-state index < -0.39 is 5.56 Å². The van der Waals surface area contributed by atoms with Gasteiger partial charge in [0.05, 0.1) is 11.9 Å². The molecule has 0 aliphatic heterocycles. The summed E-state index contributed by atoms with van der Waals surface area (Å²) in [6, 6.07) is 7.49. The van der Waals surface area contributed by atoms with Gasteiger partial charge in [0.2, 0.25) is 0 Å². The van der Waals surface area contributed by atoms with Gasteiger partial charge in [-0.1, -0.05) is 35.3 Å². The van der Waals surface area contributed by atoms with Crippen LogP contribution >= 0.6 is 23.2 Å². The number of anilines is 1. The van der Waals surface area contributed by atoms with Crippen LogP contribution in [0.3, 0.4) is 0 Å². The van der Waals surface area contributed by atoms with Crippen molar-refractivity contribution in [3.63, 3.8) is 0 Å². The van der Waals surface area contributed by atoms with Crippen LogP contribution in [-0.2, 0) is 6.54 Å². The number of hydrogen-bond acceptors (Lipinski definition) is 3. The van der Waals surface area contributed by atoms with Crippen LogP contribution in [0, 0.1) is 0 Å². The van der Waals surface area contributed by atoms with E-state index in [1.165, 1.54) is 6.20 Å². The Bertz CT molecular complexity index is 595. The Labute approximate surface area is 114 Å². The van der Waals surface area contributed by atoms with Crippen LogP contribution in [0.15, 0.2) is 35.3 Å². The Morgan fingerprint density at radius 3 is 2.61 bits per heavy atom. The van der Waals surface area contributed by atoms with Gasteiger partial charge in [0.25, 0.3) is 5.56 Å². The van der Waals surface area contributed by atoms with E-state index >= 15 is 0 Å². The van der Waals surface area contributed by atoms with Crippen molar-refractivity contribution in [1.29, 1.82) is 0 Å². The molecule has 0 amide bonds. The molecule has 0 aliphatic carbocycles. The van der Waals surface area contributed by atoms with Crippen molar-refractivity contribution in [2.45, 2.75) is 6.54 Å². The molecule has 0 unspecified atom stereocenters. The van der Waals surface area contributed by atoms with Gasteiger partial charge in [0, 0.05) is 18.6 Å². The number of nitrogens with one attached hydrogen (secondary N) is 1. The van der Waals surface area contributed by atoms with E-state index in [1.807, 2.05) is 36.2 Å². The quantitative estimate of drug-likeness (QED) is 0.942. The lowest BCUT2D eigenvalue weighted by atomic mass is 10.2. The minimum Gasteiger partial charge on any atom is -0.368 e. The molecular formula is C12H11Cl2N3O. The Morgan fingerprint density at radius 1 is 1.28 bits per heavy atom. The van der Waals surface area contributed by atoms with Crippen LogP contribution in [0.4, 0.5) is 5.69 Å². The van der Waals surface area contributed by atoms with Gasteiger partial charge < -0.3 is 4.90 Å². The summed E-state index contributed by atoms with van der Waals surface area (Å²) in [6.07, 6.45) is 1.53. The van der Waals surface area contributed by atoms with Gasteiger partial charge in [-0.15, -0.1) is 0 Å². The van der Waals surface area contributed by atoms with E-state index in [9.17, 15) is 4.79 Å². The fraction of sp³-hybridized carbons (Fsp3) is 0.167. The van der Waals surface area contributed by atoms with Crippen molar-refractivity contribution in [3.8, 4) is 0 Å². The lowest BCUT2D eigenvalue weighted by Gasteiger charge is -2.19. The molecule has 2 rings (SSSR count). The van der Waals surface area contributed by atoms with E-state index in [4.69, 9.17) is 23.2 Å². The third-order valence-corrected chi connectivity index (χ3v) is 3.14. The first-order chi connectivity index (χ1) is 8.58. The van der Waals surface area contributed by atoms with Crippen LogP contribution < -0.4 is 10.5 Å². The first-order valence-corrected chi connectivity index (χ1v) is 6.02. The summed E-state index contributed by atoms with van der Waals surface area (Å²) in [7, 11) is 1.84. The monoisotopic (exact) mass is 283 g/mol. The minimum absolute atomic E-state index is 0.140. The number of benzene rings is 1. The smallest absolute Gasteiger partial charge is 0.285 e. The Morgan fingerprint density at radius 2 is 1.94 bits per heavy atom. The minimum atomic E-state index is -0.392. The maximum absolute atomic E-state index is 11.3. The molecule has 0 aliphatic rings. The van der Waals surface area contributed by atoms with E-state index in [0.29, 0.717) is 17.3 Å². The highest BCUT2D eigenvalue weighted by atomic mass is 35.5. The molecule has 0 fully saturated rings. The first-order valence-electron chi connectivity index (χ1n) is 5.26. The third kappa shape index (κ3) is 2.83. The van der Waals surface area contributed by atoms with Gasteiger partial charge in [-0.05, 0) is 17.7 Å². The van der Waals surface area contributed by atoms with Crippen molar-refractivity contribution in [2.75, 3.05) is 11.9 Å². The zero-order valence-corrected chi connectivity index (χ0v) is 11.2. The zero-order valence-electron chi connectivity index (χ0n) is 9.65. The molecule has 0 bridgehead atoms. The molecule has 18 heavy (non-hydrogen) atoms. The maximum Gasteiger partial charge on any atom is 0.285 e. The topological polar surface area (TPSA) is 49.0 Å². The second-order valence-corrected chi connectivity index (χ2v) is 4.70.